The predicted molar refractivity (Wildman–Crippen MR) is 88.6 cm³/mol. The van der Waals surface area contributed by atoms with Gasteiger partial charge in [0.25, 0.3) is 11.5 Å². The number of hydrogen-bond acceptors (Lipinski definition) is 4. The average Bonchev–Trinajstić information content (AvgIpc) is 2.55. The summed E-state index contributed by atoms with van der Waals surface area (Å²) in [6, 6.07) is 7.52. The number of fused-ring (bicyclic) bond motifs is 2. The van der Waals surface area contributed by atoms with Crippen molar-refractivity contribution < 1.29 is 9.90 Å². The van der Waals surface area contributed by atoms with Crippen LogP contribution in [0.25, 0.3) is 21.8 Å². The number of aliphatic hydroxyl groups excluding tert-OH is 1. The van der Waals surface area contributed by atoms with E-state index in [-0.39, 0.29) is 24.6 Å². The van der Waals surface area contributed by atoms with Crippen LogP contribution in [-0.4, -0.2) is 33.7 Å². The Kier molecular flexibility index (Phi) is 3.83. The number of nitrogens with zero attached hydrogens (tertiary/aromatic N) is 2. The zero-order chi connectivity index (χ0) is 16.6. The molecular formula is C17H17N3O3. The highest BCUT2D eigenvalue weighted by Gasteiger charge is 2.16. The van der Waals surface area contributed by atoms with Crippen LogP contribution in [0.15, 0.2) is 35.3 Å². The van der Waals surface area contributed by atoms with E-state index in [1.165, 1.54) is 10.8 Å². The van der Waals surface area contributed by atoms with Gasteiger partial charge in [-0.05, 0) is 18.6 Å². The maximum atomic E-state index is 12.4. The Morgan fingerprint density at radius 3 is 2.87 bits per heavy atom. The van der Waals surface area contributed by atoms with Crippen molar-refractivity contribution in [3.05, 3.63) is 51.9 Å². The lowest BCUT2D eigenvalue weighted by Crippen LogP contribution is -2.29. The fourth-order valence-corrected chi connectivity index (χ4v) is 2.65. The van der Waals surface area contributed by atoms with Crippen LogP contribution in [0.1, 0.15) is 15.9 Å². The lowest BCUT2D eigenvalue weighted by atomic mass is 10.1. The van der Waals surface area contributed by atoms with Gasteiger partial charge >= 0.3 is 0 Å². The third-order valence-corrected chi connectivity index (χ3v) is 3.82. The second kappa shape index (κ2) is 5.81. The summed E-state index contributed by atoms with van der Waals surface area (Å²) in [7, 11) is 1.60. The fourth-order valence-electron chi connectivity index (χ4n) is 2.65. The smallest absolute Gasteiger partial charge is 0.259 e. The maximum absolute atomic E-state index is 12.4. The van der Waals surface area contributed by atoms with Gasteiger partial charge in [0.1, 0.15) is 0 Å². The van der Waals surface area contributed by atoms with Crippen LogP contribution in [0.3, 0.4) is 0 Å². The van der Waals surface area contributed by atoms with Crippen LogP contribution in [0.5, 0.6) is 0 Å². The maximum Gasteiger partial charge on any atom is 0.259 e. The molecule has 0 aliphatic heterocycles. The van der Waals surface area contributed by atoms with Crippen molar-refractivity contribution in [2.45, 2.75) is 6.92 Å². The number of para-hydroxylation sites is 1. The molecule has 1 aromatic carbocycles. The van der Waals surface area contributed by atoms with Crippen LogP contribution >= 0.6 is 0 Å². The van der Waals surface area contributed by atoms with E-state index in [0.29, 0.717) is 16.5 Å². The largest absolute Gasteiger partial charge is 0.395 e. The molecule has 0 aliphatic carbocycles. The normalized spacial score (nSPS) is 11.1. The molecule has 3 aromatic rings. The van der Waals surface area contributed by atoms with E-state index in [9.17, 15) is 9.59 Å². The molecule has 0 unspecified atom stereocenters. The van der Waals surface area contributed by atoms with Gasteiger partial charge in [-0.1, -0.05) is 18.2 Å². The van der Waals surface area contributed by atoms with Crippen molar-refractivity contribution in [3.63, 3.8) is 0 Å². The molecule has 6 nitrogen and oxygen atoms in total. The van der Waals surface area contributed by atoms with Crippen LogP contribution in [-0.2, 0) is 7.05 Å². The molecule has 6 heteroatoms. The summed E-state index contributed by atoms with van der Waals surface area (Å²) in [5, 5.41) is 12.7. The van der Waals surface area contributed by atoms with Crippen LogP contribution < -0.4 is 10.9 Å². The summed E-state index contributed by atoms with van der Waals surface area (Å²) in [5.74, 6) is -0.361. The zero-order valence-electron chi connectivity index (χ0n) is 13.0. The molecular weight excluding hydrogens is 294 g/mol. The van der Waals surface area contributed by atoms with Gasteiger partial charge in [0.05, 0.1) is 28.6 Å². The van der Waals surface area contributed by atoms with E-state index in [1.807, 2.05) is 25.1 Å². The standard InChI is InChI=1S/C17H17N3O3/c1-10-4-3-5-11-8-12-15(19-14(10)11)13(9-20(2)17(12)23)16(22)18-6-7-21/h3-5,8-9,21H,6-7H2,1-2H3,(H,18,22). The number of carbonyl (C=O) groups excluding carboxylic acids is 1. The second-order valence-corrected chi connectivity index (χ2v) is 5.47. The number of aliphatic hydroxyl groups is 1. The summed E-state index contributed by atoms with van der Waals surface area (Å²) in [5.41, 5.74) is 2.25. The molecule has 1 amide bonds. The van der Waals surface area contributed by atoms with E-state index in [2.05, 4.69) is 10.3 Å². The quantitative estimate of drug-likeness (QED) is 0.710. The molecule has 3 rings (SSSR count). The molecule has 2 heterocycles. The molecule has 0 fully saturated rings. The first-order valence-electron chi connectivity index (χ1n) is 7.31. The highest BCUT2D eigenvalue weighted by molar-refractivity contribution is 6.07. The molecule has 0 spiro atoms. The van der Waals surface area contributed by atoms with Crippen molar-refractivity contribution in [2.75, 3.05) is 13.2 Å². The topological polar surface area (TPSA) is 84.2 Å². The Bertz CT molecular complexity index is 976. The van der Waals surface area contributed by atoms with E-state index < -0.39 is 0 Å². The second-order valence-electron chi connectivity index (χ2n) is 5.47. The molecule has 23 heavy (non-hydrogen) atoms. The molecule has 0 radical (unpaired) electrons. The number of aromatic nitrogens is 2. The Hall–Kier alpha value is -2.73. The van der Waals surface area contributed by atoms with E-state index in [0.717, 1.165) is 16.5 Å². The summed E-state index contributed by atoms with van der Waals surface area (Å²) in [6.45, 7) is 1.94. The number of hydrogen-bond donors (Lipinski definition) is 2. The minimum atomic E-state index is -0.361. The van der Waals surface area contributed by atoms with Gasteiger partial charge in [-0.2, -0.15) is 0 Å². The van der Waals surface area contributed by atoms with Crippen LogP contribution in [0.4, 0.5) is 0 Å². The lowest BCUT2D eigenvalue weighted by Gasteiger charge is -2.10. The van der Waals surface area contributed by atoms with Gasteiger partial charge in [-0.3, -0.25) is 9.59 Å². The molecule has 0 saturated carbocycles. The number of amides is 1. The van der Waals surface area contributed by atoms with Gasteiger partial charge in [0.15, 0.2) is 0 Å². The van der Waals surface area contributed by atoms with Gasteiger partial charge in [0, 0.05) is 25.2 Å². The number of benzene rings is 1. The zero-order valence-corrected chi connectivity index (χ0v) is 13.0. The summed E-state index contributed by atoms with van der Waals surface area (Å²) >= 11 is 0. The number of pyridine rings is 2. The first-order valence-corrected chi connectivity index (χ1v) is 7.31. The van der Waals surface area contributed by atoms with Crippen LogP contribution in [0, 0.1) is 6.92 Å². The first kappa shape index (κ1) is 15.2. The van der Waals surface area contributed by atoms with Gasteiger partial charge in [0.2, 0.25) is 0 Å². The van der Waals surface area contributed by atoms with Crippen molar-refractivity contribution in [2.24, 2.45) is 7.05 Å². The van der Waals surface area contributed by atoms with Crippen molar-refractivity contribution in [3.8, 4) is 0 Å². The summed E-state index contributed by atoms with van der Waals surface area (Å²) in [4.78, 5) is 29.3. The number of nitrogens with one attached hydrogen (secondary N) is 1. The SMILES string of the molecule is Cc1cccc2cc3c(=O)n(C)cc(C(=O)NCCO)c3nc12. The Morgan fingerprint density at radius 1 is 1.35 bits per heavy atom. The molecule has 0 bridgehead atoms. The first-order chi connectivity index (χ1) is 11.0. The Labute approximate surface area is 132 Å². The lowest BCUT2D eigenvalue weighted by molar-refractivity contribution is 0.0945. The van der Waals surface area contributed by atoms with Gasteiger partial charge in [-0.15, -0.1) is 0 Å². The molecule has 2 N–H and O–H groups in total. The Balaban J connectivity index is 2.36. The van der Waals surface area contributed by atoms with Gasteiger partial charge in [-0.25, -0.2) is 4.98 Å². The minimum absolute atomic E-state index is 0.148. The fraction of sp³-hybridized carbons (Fsp3) is 0.235. The van der Waals surface area contributed by atoms with Crippen molar-refractivity contribution in [1.82, 2.24) is 14.9 Å². The monoisotopic (exact) mass is 311 g/mol. The summed E-state index contributed by atoms with van der Waals surface area (Å²) in [6.07, 6.45) is 1.48. The highest BCUT2D eigenvalue weighted by Crippen LogP contribution is 2.22. The minimum Gasteiger partial charge on any atom is -0.395 e. The molecule has 0 atom stereocenters. The molecule has 2 aromatic heterocycles. The highest BCUT2D eigenvalue weighted by atomic mass is 16.3. The summed E-state index contributed by atoms with van der Waals surface area (Å²) < 4.78 is 1.37. The molecule has 118 valence electrons. The van der Waals surface area contributed by atoms with E-state index in [4.69, 9.17) is 5.11 Å². The molecule has 0 aliphatic rings. The average molecular weight is 311 g/mol. The van der Waals surface area contributed by atoms with Gasteiger partial charge < -0.3 is 15.0 Å². The van der Waals surface area contributed by atoms with Crippen molar-refractivity contribution in [1.29, 1.82) is 0 Å². The molecule has 0 saturated heterocycles. The number of rotatable bonds is 3. The third-order valence-electron chi connectivity index (χ3n) is 3.82. The van der Waals surface area contributed by atoms with Crippen LogP contribution in [0.2, 0.25) is 0 Å². The number of carbonyl (C=O) groups is 1. The van der Waals surface area contributed by atoms with E-state index in [1.54, 1.807) is 13.1 Å². The number of aryl methyl sites for hydroxylation is 2. The van der Waals surface area contributed by atoms with Crippen molar-refractivity contribution >= 4 is 27.7 Å². The third kappa shape index (κ3) is 2.57. The van der Waals surface area contributed by atoms with E-state index >= 15 is 0 Å². The predicted octanol–water partition coefficient (Wildman–Crippen LogP) is 1.12. The Morgan fingerprint density at radius 2 is 2.13 bits per heavy atom.